The Bertz CT molecular complexity index is 510. The highest BCUT2D eigenvalue weighted by atomic mass is 16.4. The highest BCUT2D eigenvalue weighted by Gasteiger charge is 2.41. The lowest BCUT2D eigenvalue weighted by molar-refractivity contribution is -0.142. The van der Waals surface area contributed by atoms with E-state index in [0.29, 0.717) is 5.69 Å². The zero-order chi connectivity index (χ0) is 16.9. The largest absolute Gasteiger partial charge is 0.481 e. The molecule has 22 heavy (non-hydrogen) atoms. The molecule has 0 aliphatic rings. The molecule has 0 fully saturated rings. The van der Waals surface area contributed by atoms with Crippen molar-refractivity contribution >= 4 is 24.6 Å². The fourth-order valence-corrected chi connectivity index (χ4v) is 2.52. The van der Waals surface area contributed by atoms with Crippen molar-refractivity contribution in [3.63, 3.8) is 0 Å². The van der Waals surface area contributed by atoms with Gasteiger partial charge in [-0.2, -0.15) is 0 Å². The molecule has 0 heterocycles. The first-order valence-corrected chi connectivity index (χ1v) is 7.19. The number of carbonyl (C=O) groups is 2. The smallest absolute Gasteiger partial charge is 0.415 e. The number of carboxylic acid groups (broad SMARTS) is 1. The minimum Gasteiger partial charge on any atom is -0.481 e. The van der Waals surface area contributed by atoms with Gasteiger partial charge in [-0.05, 0) is 12.1 Å². The Morgan fingerprint density at radius 1 is 1.14 bits per heavy atom. The maximum Gasteiger partial charge on any atom is 0.415 e. The molecule has 6 nitrogen and oxygen atoms in total. The number of hydrogen-bond donors (Lipinski definition) is 3. The Hall–Kier alpha value is -2.02. The van der Waals surface area contributed by atoms with Gasteiger partial charge < -0.3 is 20.3 Å². The highest BCUT2D eigenvalue weighted by Crippen LogP contribution is 2.31. The molecule has 7 heteroatoms. The zero-order valence-corrected chi connectivity index (χ0v) is 13.4. The summed E-state index contributed by atoms with van der Waals surface area (Å²) in [5, 5.41) is 22.6. The third kappa shape index (κ3) is 4.49. The molecular formula is C15H23BN2O4. The fraction of sp³-hybridized carbons (Fsp3) is 0.467. The molecule has 1 aromatic rings. The second-order valence-corrected chi connectivity index (χ2v) is 5.68. The van der Waals surface area contributed by atoms with E-state index < -0.39 is 30.7 Å². The Balaban J connectivity index is 2.99. The molecule has 0 bridgehead atoms. The van der Waals surface area contributed by atoms with Crippen molar-refractivity contribution in [3.05, 3.63) is 30.3 Å². The minimum absolute atomic E-state index is 0.216. The van der Waals surface area contributed by atoms with E-state index in [-0.39, 0.29) is 5.91 Å². The molecule has 120 valence electrons. The van der Waals surface area contributed by atoms with E-state index in [1.165, 1.54) is 11.8 Å². The van der Waals surface area contributed by atoms with Gasteiger partial charge in [0.2, 0.25) is 5.91 Å². The van der Waals surface area contributed by atoms with Gasteiger partial charge in [0.25, 0.3) is 0 Å². The predicted molar refractivity (Wildman–Crippen MR) is 86.4 cm³/mol. The van der Waals surface area contributed by atoms with E-state index in [0.717, 1.165) is 0 Å². The highest BCUT2D eigenvalue weighted by molar-refractivity contribution is 6.57. The molecule has 0 aliphatic carbocycles. The maximum atomic E-state index is 12.2. The first kappa shape index (κ1) is 18.0. The van der Waals surface area contributed by atoms with Crippen molar-refractivity contribution in [2.75, 3.05) is 19.3 Å². The number of para-hydroxylation sites is 1. The molecule has 0 spiro atoms. The Labute approximate surface area is 131 Å². The number of nitrogens with one attached hydrogen (secondary N) is 1. The van der Waals surface area contributed by atoms with Crippen LogP contribution in [0.4, 0.5) is 5.69 Å². The Morgan fingerprint density at radius 3 is 2.14 bits per heavy atom. The first-order chi connectivity index (χ1) is 10.3. The van der Waals surface area contributed by atoms with Gasteiger partial charge in [-0.3, -0.25) is 9.59 Å². The number of anilines is 1. The van der Waals surface area contributed by atoms with E-state index >= 15 is 0 Å². The lowest BCUT2D eigenvalue weighted by Gasteiger charge is -2.30. The van der Waals surface area contributed by atoms with Gasteiger partial charge in [-0.15, -0.1) is 0 Å². The van der Waals surface area contributed by atoms with Crippen molar-refractivity contribution in [1.29, 1.82) is 0 Å². The predicted octanol–water partition coefficient (Wildman–Crippen LogP) is 1.39. The normalized spacial score (nSPS) is 14.6. The molecule has 1 rings (SSSR count). The molecular weight excluding hydrogens is 283 g/mol. The van der Waals surface area contributed by atoms with Crippen molar-refractivity contribution in [2.45, 2.75) is 19.7 Å². The van der Waals surface area contributed by atoms with Crippen molar-refractivity contribution in [1.82, 2.24) is 4.90 Å². The summed E-state index contributed by atoms with van der Waals surface area (Å²) >= 11 is 0. The van der Waals surface area contributed by atoms with Crippen molar-refractivity contribution in [2.24, 2.45) is 11.8 Å². The summed E-state index contributed by atoms with van der Waals surface area (Å²) in [6.07, 6.45) is 0. The average Bonchev–Trinajstić information content (AvgIpc) is 2.47. The molecule has 1 aromatic carbocycles. The minimum atomic E-state index is -1.15. The number of nitrogens with zero attached hydrogens (tertiary/aromatic N) is 1. The summed E-state index contributed by atoms with van der Waals surface area (Å²) in [5.41, 5.74) is 0.669. The van der Waals surface area contributed by atoms with Crippen molar-refractivity contribution in [3.8, 4) is 0 Å². The summed E-state index contributed by atoms with van der Waals surface area (Å²) in [4.78, 5) is 24.9. The van der Waals surface area contributed by atoms with Crippen LogP contribution < -0.4 is 5.23 Å². The Kier molecular flexibility index (Phi) is 6.43. The van der Waals surface area contributed by atoms with Gasteiger partial charge in [0.05, 0.1) is 5.92 Å². The molecule has 0 aliphatic heterocycles. The molecule has 1 amide bonds. The molecule has 0 aromatic heterocycles. The third-order valence-corrected chi connectivity index (χ3v) is 3.83. The van der Waals surface area contributed by atoms with Crippen LogP contribution >= 0.6 is 0 Å². The van der Waals surface area contributed by atoms with Crippen molar-refractivity contribution < 1.29 is 19.7 Å². The monoisotopic (exact) mass is 306 g/mol. The van der Waals surface area contributed by atoms with Crippen LogP contribution in [0.15, 0.2) is 30.3 Å². The molecule has 3 N–H and O–H groups in total. The van der Waals surface area contributed by atoms with Gasteiger partial charge in [0, 0.05) is 31.5 Å². The fourth-order valence-electron chi connectivity index (χ4n) is 2.52. The number of amides is 1. The van der Waals surface area contributed by atoms with Gasteiger partial charge in [0.15, 0.2) is 0 Å². The third-order valence-electron chi connectivity index (χ3n) is 3.83. The van der Waals surface area contributed by atoms with E-state index in [2.05, 4.69) is 5.23 Å². The maximum absolute atomic E-state index is 12.2. The SMILES string of the molecule is CC(C(=O)O)C(B(O)Nc1ccccc1)C(C)C(=O)N(C)C. The second-order valence-electron chi connectivity index (χ2n) is 5.68. The lowest BCUT2D eigenvalue weighted by atomic mass is 9.56. The Morgan fingerprint density at radius 2 is 1.68 bits per heavy atom. The van der Waals surface area contributed by atoms with Crippen LogP contribution in [0.1, 0.15) is 13.8 Å². The van der Waals surface area contributed by atoms with Crippen LogP contribution in [0.25, 0.3) is 0 Å². The van der Waals surface area contributed by atoms with Gasteiger partial charge in [-0.25, -0.2) is 0 Å². The van der Waals surface area contributed by atoms with E-state index in [4.69, 9.17) is 0 Å². The van der Waals surface area contributed by atoms with E-state index in [9.17, 15) is 19.7 Å². The number of aliphatic carboxylic acids is 1. The average molecular weight is 306 g/mol. The zero-order valence-electron chi connectivity index (χ0n) is 13.4. The second kappa shape index (κ2) is 7.84. The first-order valence-electron chi connectivity index (χ1n) is 7.19. The summed E-state index contributed by atoms with van der Waals surface area (Å²) in [7, 11) is 2.07. The van der Waals surface area contributed by atoms with E-state index in [1.807, 2.05) is 6.07 Å². The van der Waals surface area contributed by atoms with Crippen LogP contribution in [0.3, 0.4) is 0 Å². The summed E-state index contributed by atoms with van der Waals surface area (Å²) in [6.45, 7) is 3.14. The number of benzene rings is 1. The standard InChI is InChI=1S/C15H23BN2O4/c1-10(14(19)18(3)4)13(11(2)15(20)21)16(22)17-12-8-6-5-7-9-12/h5-11,13,17,22H,1-4H3,(H,20,21). The van der Waals surface area contributed by atoms with Gasteiger partial charge in [-0.1, -0.05) is 32.0 Å². The van der Waals surface area contributed by atoms with Crippen LogP contribution in [0, 0.1) is 11.8 Å². The molecule has 3 atom stereocenters. The topological polar surface area (TPSA) is 89.9 Å². The summed E-state index contributed by atoms with van der Waals surface area (Å²) < 4.78 is 0. The summed E-state index contributed by atoms with van der Waals surface area (Å²) in [6, 6.07) is 8.99. The van der Waals surface area contributed by atoms with Crippen LogP contribution in [0.5, 0.6) is 0 Å². The quantitative estimate of drug-likeness (QED) is 0.662. The number of rotatable bonds is 7. The number of carbonyl (C=O) groups excluding carboxylic acids is 1. The lowest BCUT2D eigenvalue weighted by Crippen LogP contribution is -2.44. The van der Waals surface area contributed by atoms with Gasteiger partial charge in [0.1, 0.15) is 0 Å². The van der Waals surface area contributed by atoms with E-state index in [1.54, 1.807) is 45.3 Å². The van der Waals surface area contributed by atoms with Crippen LogP contribution in [-0.4, -0.2) is 48.1 Å². The molecule has 0 saturated carbocycles. The van der Waals surface area contributed by atoms with Crippen LogP contribution in [0.2, 0.25) is 5.82 Å². The number of hydrogen-bond acceptors (Lipinski definition) is 4. The molecule has 3 unspecified atom stereocenters. The summed E-state index contributed by atoms with van der Waals surface area (Å²) in [5.74, 6) is -3.52. The number of carboxylic acids is 1. The van der Waals surface area contributed by atoms with Gasteiger partial charge >= 0.3 is 13.0 Å². The molecule has 0 saturated heterocycles. The molecule has 0 radical (unpaired) electrons. The van der Waals surface area contributed by atoms with Crippen LogP contribution in [-0.2, 0) is 9.59 Å².